The number of fused-ring (bicyclic) bond motifs is 1. The molecule has 168 valence electrons. The minimum absolute atomic E-state index is 0.103. The van der Waals surface area contributed by atoms with E-state index in [-0.39, 0.29) is 11.8 Å². The van der Waals surface area contributed by atoms with Gasteiger partial charge in [0.25, 0.3) is 5.91 Å². The largest absolute Gasteiger partial charge is 0.389 e. The Labute approximate surface area is 196 Å². The van der Waals surface area contributed by atoms with Gasteiger partial charge in [0.15, 0.2) is 0 Å². The third-order valence-corrected chi connectivity index (χ3v) is 7.20. The maximum atomic E-state index is 13.8. The van der Waals surface area contributed by atoms with E-state index in [1.54, 1.807) is 0 Å². The highest BCUT2D eigenvalue weighted by Gasteiger charge is 2.50. The van der Waals surface area contributed by atoms with Crippen molar-refractivity contribution < 1.29 is 9.90 Å². The highest BCUT2D eigenvalue weighted by atomic mass is 16.3. The van der Waals surface area contributed by atoms with Crippen molar-refractivity contribution in [3.8, 4) is 0 Å². The molecular weight excluding hydrogens is 406 g/mol. The molecule has 3 atom stereocenters. The number of hydrogen-bond acceptors (Lipinski definition) is 2. The summed E-state index contributed by atoms with van der Waals surface area (Å²) in [5.41, 5.74) is 5.08. The SMILES string of the molecule is Cc1ccc(CC2(CC3C=CC(O)C3)c3ccccc3C(=O)N2CC2=CCC=CC=C2)cc1. The number of hydrogen-bond donors (Lipinski definition) is 1. The number of rotatable bonds is 6. The van der Waals surface area contributed by atoms with Crippen LogP contribution in [0.25, 0.3) is 0 Å². The number of aliphatic hydroxyl groups is 1. The summed E-state index contributed by atoms with van der Waals surface area (Å²) in [5.74, 6) is 0.332. The monoisotopic (exact) mass is 437 g/mol. The van der Waals surface area contributed by atoms with E-state index in [9.17, 15) is 9.90 Å². The second-order valence-electron chi connectivity index (χ2n) is 9.59. The van der Waals surface area contributed by atoms with Gasteiger partial charge in [0.05, 0.1) is 11.6 Å². The molecule has 1 N–H and O–H groups in total. The van der Waals surface area contributed by atoms with Crippen LogP contribution in [0.5, 0.6) is 0 Å². The Kier molecular flexibility index (Phi) is 5.90. The molecule has 33 heavy (non-hydrogen) atoms. The summed E-state index contributed by atoms with van der Waals surface area (Å²) in [6.07, 6.45) is 17.4. The predicted molar refractivity (Wildman–Crippen MR) is 133 cm³/mol. The zero-order valence-electron chi connectivity index (χ0n) is 19.2. The van der Waals surface area contributed by atoms with E-state index in [1.165, 1.54) is 11.1 Å². The van der Waals surface area contributed by atoms with Crippen LogP contribution in [0.1, 0.15) is 46.3 Å². The van der Waals surface area contributed by atoms with Crippen LogP contribution in [0.3, 0.4) is 0 Å². The third-order valence-electron chi connectivity index (χ3n) is 7.20. The molecule has 0 bridgehead atoms. The molecule has 0 aromatic heterocycles. The van der Waals surface area contributed by atoms with Crippen LogP contribution < -0.4 is 0 Å². The molecule has 2 aromatic carbocycles. The van der Waals surface area contributed by atoms with E-state index in [4.69, 9.17) is 0 Å². The van der Waals surface area contributed by atoms with Crippen LogP contribution in [0, 0.1) is 12.8 Å². The third kappa shape index (κ3) is 4.26. The average Bonchev–Trinajstić information content (AvgIpc) is 3.18. The van der Waals surface area contributed by atoms with Gasteiger partial charge in [0.1, 0.15) is 0 Å². The molecule has 0 radical (unpaired) electrons. The number of amides is 1. The Morgan fingerprint density at radius 1 is 1.06 bits per heavy atom. The fourth-order valence-electron chi connectivity index (χ4n) is 5.57. The minimum atomic E-state index is -0.462. The van der Waals surface area contributed by atoms with E-state index >= 15 is 0 Å². The fraction of sp³-hybridized carbons (Fsp3) is 0.300. The number of benzene rings is 2. The molecule has 1 amide bonds. The molecule has 3 heteroatoms. The lowest BCUT2D eigenvalue weighted by Gasteiger charge is -2.42. The fourth-order valence-corrected chi connectivity index (χ4v) is 5.57. The topological polar surface area (TPSA) is 40.5 Å². The summed E-state index contributed by atoms with van der Waals surface area (Å²) >= 11 is 0. The number of nitrogens with zero attached hydrogens (tertiary/aromatic N) is 1. The van der Waals surface area contributed by atoms with Crippen LogP contribution >= 0.6 is 0 Å². The molecule has 1 aliphatic heterocycles. The molecule has 0 saturated heterocycles. The van der Waals surface area contributed by atoms with Crippen LogP contribution in [0.15, 0.2) is 96.6 Å². The average molecular weight is 438 g/mol. The number of aliphatic hydroxyl groups excluding tert-OH is 1. The summed E-state index contributed by atoms with van der Waals surface area (Å²) in [7, 11) is 0. The normalized spacial score (nSPS) is 25.9. The Hall–Kier alpha value is -3.17. The lowest BCUT2D eigenvalue weighted by Crippen LogP contribution is -2.47. The Bertz CT molecular complexity index is 1150. The maximum Gasteiger partial charge on any atom is 0.255 e. The first kappa shape index (κ1) is 21.7. The van der Waals surface area contributed by atoms with E-state index in [0.717, 1.165) is 36.0 Å². The molecule has 2 aliphatic carbocycles. The summed E-state index contributed by atoms with van der Waals surface area (Å²) in [4.78, 5) is 16.0. The maximum absolute atomic E-state index is 13.8. The first-order valence-corrected chi connectivity index (χ1v) is 11.9. The van der Waals surface area contributed by atoms with Crippen molar-refractivity contribution in [1.29, 1.82) is 0 Å². The molecule has 0 spiro atoms. The van der Waals surface area contributed by atoms with Crippen molar-refractivity contribution in [2.45, 2.75) is 44.2 Å². The number of aryl methyl sites for hydroxylation is 1. The van der Waals surface area contributed by atoms with Crippen LogP contribution in [-0.2, 0) is 12.0 Å². The highest BCUT2D eigenvalue weighted by Crippen LogP contribution is 2.47. The van der Waals surface area contributed by atoms with Crippen molar-refractivity contribution in [2.75, 3.05) is 6.54 Å². The van der Waals surface area contributed by atoms with Gasteiger partial charge in [-0.25, -0.2) is 0 Å². The van der Waals surface area contributed by atoms with Gasteiger partial charge >= 0.3 is 0 Å². The second kappa shape index (κ2) is 8.99. The molecule has 1 heterocycles. The first-order valence-electron chi connectivity index (χ1n) is 11.9. The Morgan fingerprint density at radius 3 is 2.67 bits per heavy atom. The van der Waals surface area contributed by atoms with E-state index in [1.807, 2.05) is 24.3 Å². The smallest absolute Gasteiger partial charge is 0.255 e. The zero-order chi connectivity index (χ0) is 22.8. The van der Waals surface area contributed by atoms with E-state index < -0.39 is 11.6 Å². The molecule has 0 saturated carbocycles. The van der Waals surface area contributed by atoms with Gasteiger partial charge in [-0.05, 0) is 54.9 Å². The lowest BCUT2D eigenvalue weighted by molar-refractivity contribution is 0.0511. The summed E-state index contributed by atoms with van der Waals surface area (Å²) < 4.78 is 0. The van der Waals surface area contributed by atoms with E-state index in [0.29, 0.717) is 13.0 Å². The van der Waals surface area contributed by atoms with Gasteiger partial charge in [-0.3, -0.25) is 4.79 Å². The lowest BCUT2D eigenvalue weighted by atomic mass is 9.76. The highest BCUT2D eigenvalue weighted by molar-refractivity contribution is 6.00. The molecule has 3 unspecified atom stereocenters. The summed E-state index contributed by atoms with van der Waals surface area (Å²) in [5, 5.41) is 10.2. The van der Waals surface area contributed by atoms with Gasteiger partial charge in [0, 0.05) is 18.5 Å². The summed E-state index contributed by atoms with van der Waals surface area (Å²) in [6.45, 7) is 2.68. The predicted octanol–water partition coefficient (Wildman–Crippen LogP) is 5.66. The number of carbonyl (C=O) groups is 1. The van der Waals surface area contributed by atoms with Gasteiger partial charge in [-0.2, -0.15) is 0 Å². The van der Waals surface area contributed by atoms with Crippen LogP contribution in [0.4, 0.5) is 0 Å². The van der Waals surface area contributed by atoms with Crippen molar-refractivity contribution >= 4 is 5.91 Å². The molecule has 5 rings (SSSR count). The summed E-state index contributed by atoms with van der Waals surface area (Å²) in [6, 6.07) is 16.8. The zero-order valence-corrected chi connectivity index (χ0v) is 19.2. The second-order valence-corrected chi connectivity index (χ2v) is 9.59. The molecule has 3 nitrogen and oxygen atoms in total. The molecule has 3 aliphatic rings. The van der Waals surface area contributed by atoms with Crippen molar-refractivity contribution in [3.05, 3.63) is 119 Å². The van der Waals surface area contributed by atoms with Crippen LogP contribution in [-0.4, -0.2) is 28.6 Å². The van der Waals surface area contributed by atoms with E-state index in [2.05, 4.69) is 78.6 Å². The Balaban J connectivity index is 1.61. The van der Waals surface area contributed by atoms with Gasteiger partial charge in [-0.15, -0.1) is 0 Å². The minimum Gasteiger partial charge on any atom is -0.389 e. The van der Waals surface area contributed by atoms with Crippen molar-refractivity contribution in [2.24, 2.45) is 5.92 Å². The standard InChI is InChI=1S/C30H31NO2/c1-22-12-14-23(15-13-22)19-30(20-25-16-17-26(32)18-25)28-11-7-6-10-27(28)29(33)31(30)21-24-8-4-2-3-5-9-24/h2-4,6-17,25-26,32H,5,18-21H2,1H3. The van der Waals surface area contributed by atoms with Crippen molar-refractivity contribution in [1.82, 2.24) is 4.90 Å². The quantitative estimate of drug-likeness (QED) is 0.593. The molecular formula is C30H31NO2. The van der Waals surface area contributed by atoms with Gasteiger partial charge in [-0.1, -0.05) is 90.6 Å². The first-order chi connectivity index (χ1) is 16.0. The van der Waals surface area contributed by atoms with Crippen LogP contribution in [0.2, 0.25) is 0 Å². The number of carbonyl (C=O) groups excluding carboxylic acids is 1. The number of allylic oxidation sites excluding steroid dienone is 5. The Morgan fingerprint density at radius 2 is 1.88 bits per heavy atom. The van der Waals surface area contributed by atoms with Gasteiger partial charge < -0.3 is 10.0 Å². The molecule has 2 aromatic rings. The van der Waals surface area contributed by atoms with Gasteiger partial charge in [0.2, 0.25) is 0 Å². The van der Waals surface area contributed by atoms with Crippen molar-refractivity contribution in [3.63, 3.8) is 0 Å². The molecule has 0 fully saturated rings.